The molecule has 2 rings (SSSR count). The Morgan fingerprint density at radius 3 is 2.82 bits per heavy atom. The Morgan fingerprint density at radius 2 is 2.29 bits per heavy atom. The van der Waals surface area contributed by atoms with Crippen LogP contribution in [0.3, 0.4) is 0 Å². The maximum Gasteiger partial charge on any atom is 0.311 e. The molecule has 2 aromatic heterocycles. The highest BCUT2D eigenvalue weighted by Crippen LogP contribution is 2.22. The number of rotatable bonds is 3. The first-order valence-corrected chi connectivity index (χ1v) is 4.73. The van der Waals surface area contributed by atoms with Crippen LogP contribution in [0.15, 0.2) is 24.5 Å². The summed E-state index contributed by atoms with van der Waals surface area (Å²) in [5.41, 5.74) is 5.99. The normalized spacial score (nSPS) is 10.2. The van der Waals surface area contributed by atoms with Gasteiger partial charge < -0.3 is 11.1 Å². The van der Waals surface area contributed by atoms with Crippen LogP contribution in [-0.4, -0.2) is 19.7 Å². The van der Waals surface area contributed by atoms with E-state index in [4.69, 9.17) is 5.73 Å². The Bertz CT molecular complexity index is 564. The Kier molecular flexibility index (Phi) is 2.61. The van der Waals surface area contributed by atoms with Crippen LogP contribution in [0.4, 0.5) is 23.0 Å². The van der Waals surface area contributed by atoms with Crippen LogP contribution in [-0.2, 0) is 7.05 Å². The standard InChI is InChI=1S/C9H10N6O2/c1-14-5-6(4-11-14)12-8-3-2-7(15(16)17)9(10)13-8/h2-5H,1H3,(H3,10,12,13). The molecule has 2 aromatic rings. The predicted molar refractivity (Wildman–Crippen MR) is 61.8 cm³/mol. The fraction of sp³-hybridized carbons (Fsp3) is 0.111. The highest BCUT2D eigenvalue weighted by Gasteiger charge is 2.12. The van der Waals surface area contributed by atoms with Gasteiger partial charge in [0.25, 0.3) is 0 Å². The number of nitro groups is 1. The maximum atomic E-state index is 10.5. The largest absolute Gasteiger partial charge is 0.378 e. The highest BCUT2D eigenvalue weighted by molar-refractivity contribution is 5.61. The molecule has 0 saturated heterocycles. The van der Waals surface area contributed by atoms with Gasteiger partial charge in [0.1, 0.15) is 5.82 Å². The van der Waals surface area contributed by atoms with Crippen LogP contribution in [0.25, 0.3) is 0 Å². The average molecular weight is 234 g/mol. The number of hydrogen-bond donors (Lipinski definition) is 2. The van der Waals surface area contributed by atoms with E-state index in [0.29, 0.717) is 5.82 Å². The van der Waals surface area contributed by atoms with Crippen LogP contribution < -0.4 is 11.1 Å². The zero-order chi connectivity index (χ0) is 12.4. The van der Waals surface area contributed by atoms with Gasteiger partial charge in [-0.3, -0.25) is 14.8 Å². The van der Waals surface area contributed by atoms with Gasteiger partial charge in [0.15, 0.2) is 0 Å². The third-order valence-corrected chi connectivity index (χ3v) is 2.08. The SMILES string of the molecule is Cn1cc(Nc2ccc([N+](=O)[O-])c(N)n2)cn1. The molecule has 0 radical (unpaired) electrons. The molecule has 0 fully saturated rings. The van der Waals surface area contributed by atoms with Gasteiger partial charge in [0.05, 0.1) is 16.8 Å². The summed E-state index contributed by atoms with van der Waals surface area (Å²) in [7, 11) is 1.78. The van der Waals surface area contributed by atoms with E-state index in [2.05, 4.69) is 15.4 Å². The van der Waals surface area contributed by atoms with E-state index >= 15 is 0 Å². The number of nitrogens with one attached hydrogen (secondary N) is 1. The van der Waals surface area contributed by atoms with Crippen molar-refractivity contribution >= 4 is 23.0 Å². The summed E-state index contributed by atoms with van der Waals surface area (Å²) >= 11 is 0. The van der Waals surface area contributed by atoms with Gasteiger partial charge in [-0.1, -0.05) is 0 Å². The number of nitrogen functional groups attached to an aromatic ring is 1. The van der Waals surface area contributed by atoms with Crippen molar-refractivity contribution in [2.24, 2.45) is 7.05 Å². The van der Waals surface area contributed by atoms with Crippen molar-refractivity contribution in [3.63, 3.8) is 0 Å². The summed E-state index contributed by atoms with van der Waals surface area (Å²) < 4.78 is 1.62. The van der Waals surface area contributed by atoms with Gasteiger partial charge in [0.2, 0.25) is 5.82 Å². The Morgan fingerprint density at radius 1 is 1.53 bits per heavy atom. The summed E-state index contributed by atoms with van der Waals surface area (Å²) in [4.78, 5) is 13.9. The molecule has 0 aliphatic heterocycles. The third-order valence-electron chi connectivity index (χ3n) is 2.08. The van der Waals surface area contributed by atoms with Gasteiger partial charge in [-0.25, -0.2) is 4.98 Å². The molecule has 17 heavy (non-hydrogen) atoms. The zero-order valence-corrected chi connectivity index (χ0v) is 8.99. The Hall–Kier alpha value is -2.64. The molecule has 0 saturated carbocycles. The number of nitrogens with two attached hydrogens (primary N) is 1. The van der Waals surface area contributed by atoms with Gasteiger partial charge >= 0.3 is 5.69 Å². The molecule has 8 heteroatoms. The molecule has 8 nitrogen and oxygen atoms in total. The first kappa shape index (κ1) is 10.9. The average Bonchev–Trinajstić information content (AvgIpc) is 2.63. The van der Waals surface area contributed by atoms with E-state index in [1.807, 2.05) is 0 Å². The minimum Gasteiger partial charge on any atom is -0.378 e. The molecule has 0 spiro atoms. The second kappa shape index (κ2) is 4.08. The van der Waals surface area contributed by atoms with Crippen LogP contribution in [0.5, 0.6) is 0 Å². The van der Waals surface area contributed by atoms with Crippen molar-refractivity contribution in [1.29, 1.82) is 0 Å². The number of hydrogen-bond acceptors (Lipinski definition) is 6. The molecule has 0 aliphatic rings. The monoisotopic (exact) mass is 234 g/mol. The minimum absolute atomic E-state index is 0.121. The molecule has 0 bridgehead atoms. The molecule has 0 aliphatic carbocycles. The lowest BCUT2D eigenvalue weighted by molar-refractivity contribution is -0.384. The molecule has 3 N–H and O–H groups in total. The van der Waals surface area contributed by atoms with Crippen LogP contribution in [0.1, 0.15) is 0 Å². The van der Waals surface area contributed by atoms with E-state index in [-0.39, 0.29) is 11.5 Å². The highest BCUT2D eigenvalue weighted by atomic mass is 16.6. The van der Waals surface area contributed by atoms with E-state index < -0.39 is 4.92 Å². The topological polar surface area (TPSA) is 112 Å². The van der Waals surface area contributed by atoms with Crippen molar-refractivity contribution < 1.29 is 4.92 Å². The van der Waals surface area contributed by atoms with Gasteiger partial charge in [-0.2, -0.15) is 5.10 Å². The van der Waals surface area contributed by atoms with Gasteiger partial charge in [-0.15, -0.1) is 0 Å². The van der Waals surface area contributed by atoms with E-state index in [9.17, 15) is 10.1 Å². The van der Waals surface area contributed by atoms with Crippen LogP contribution >= 0.6 is 0 Å². The van der Waals surface area contributed by atoms with Crippen LogP contribution in [0, 0.1) is 10.1 Å². The Labute approximate surface area is 96.2 Å². The lowest BCUT2D eigenvalue weighted by Crippen LogP contribution is -2.01. The summed E-state index contributed by atoms with van der Waals surface area (Å²) in [5.74, 6) is 0.310. The molecule has 88 valence electrons. The van der Waals surface area contributed by atoms with E-state index in [1.54, 1.807) is 24.1 Å². The van der Waals surface area contributed by atoms with Gasteiger partial charge in [0, 0.05) is 19.3 Å². The lowest BCUT2D eigenvalue weighted by atomic mass is 10.3. The summed E-state index contributed by atoms with van der Waals surface area (Å²) in [6.45, 7) is 0. The zero-order valence-electron chi connectivity index (χ0n) is 8.99. The molecule has 0 aromatic carbocycles. The number of aryl methyl sites for hydroxylation is 1. The summed E-state index contributed by atoms with van der Waals surface area (Å²) in [6.07, 6.45) is 3.36. The van der Waals surface area contributed by atoms with Crippen molar-refractivity contribution in [3.05, 3.63) is 34.6 Å². The minimum atomic E-state index is -0.573. The molecule has 0 atom stereocenters. The predicted octanol–water partition coefficient (Wildman–Crippen LogP) is 1.05. The quantitative estimate of drug-likeness (QED) is 0.606. The van der Waals surface area contributed by atoms with Crippen molar-refractivity contribution in [2.75, 3.05) is 11.1 Å². The van der Waals surface area contributed by atoms with Crippen molar-refractivity contribution in [2.45, 2.75) is 0 Å². The number of nitrogens with zero attached hydrogens (tertiary/aromatic N) is 4. The Balaban J connectivity index is 2.23. The smallest absolute Gasteiger partial charge is 0.311 e. The molecular formula is C9H10N6O2. The molecule has 0 amide bonds. The van der Waals surface area contributed by atoms with E-state index in [1.165, 1.54) is 12.1 Å². The van der Waals surface area contributed by atoms with E-state index in [0.717, 1.165) is 5.69 Å². The second-order valence-corrected chi connectivity index (χ2v) is 3.39. The maximum absolute atomic E-state index is 10.5. The number of aromatic nitrogens is 3. The fourth-order valence-electron chi connectivity index (χ4n) is 1.33. The second-order valence-electron chi connectivity index (χ2n) is 3.39. The summed E-state index contributed by atoms with van der Waals surface area (Å²) in [5, 5.41) is 17.4. The summed E-state index contributed by atoms with van der Waals surface area (Å²) in [6, 6.07) is 2.79. The van der Waals surface area contributed by atoms with Gasteiger partial charge in [-0.05, 0) is 6.07 Å². The first-order chi connectivity index (χ1) is 8.06. The first-order valence-electron chi connectivity index (χ1n) is 4.73. The molecular weight excluding hydrogens is 224 g/mol. The molecule has 2 heterocycles. The number of anilines is 3. The van der Waals surface area contributed by atoms with Crippen molar-refractivity contribution in [3.8, 4) is 0 Å². The van der Waals surface area contributed by atoms with Crippen LogP contribution in [0.2, 0.25) is 0 Å². The molecule has 0 unspecified atom stereocenters. The third kappa shape index (κ3) is 2.30. The van der Waals surface area contributed by atoms with Crippen molar-refractivity contribution in [1.82, 2.24) is 14.8 Å². The number of pyridine rings is 1. The lowest BCUT2D eigenvalue weighted by Gasteiger charge is -2.03. The fourth-order valence-corrected chi connectivity index (χ4v) is 1.33.